The van der Waals surface area contributed by atoms with E-state index in [2.05, 4.69) is 4.90 Å². The summed E-state index contributed by atoms with van der Waals surface area (Å²) in [5.74, 6) is -0.398. The lowest BCUT2D eigenvalue weighted by molar-refractivity contribution is -0.477. The second-order valence-corrected chi connectivity index (χ2v) is 6.79. The van der Waals surface area contributed by atoms with Crippen molar-refractivity contribution in [3.05, 3.63) is 34.2 Å². The summed E-state index contributed by atoms with van der Waals surface area (Å²) in [4.78, 5) is 16.9. The summed E-state index contributed by atoms with van der Waals surface area (Å²) in [7, 11) is 2.04. The molecule has 0 atom stereocenters. The molecule has 0 saturated carbocycles. The Labute approximate surface area is 139 Å². The van der Waals surface area contributed by atoms with E-state index < -0.39 is 5.82 Å². The molecule has 1 aromatic heterocycles. The molecular weight excluding hydrogens is 311 g/mol. The Morgan fingerprint density at radius 1 is 1.12 bits per heavy atom. The van der Waals surface area contributed by atoms with Gasteiger partial charge in [0.1, 0.15) is 11.5 Å². The van der Waals surface area contributed by atoms with Crippen LogP contribution in [0.2, 0.25) is 0 Å². The van der Waals surface area contributed by atoms with Crippen LogP contribution in [0.5, 0.6) is 0 Å². The second kappa shape index (κ2) is 5.73. The van der Waals surface area contributed by atoms with Gasteiger partial charge in [0.2, 0.25) is 0 Å². The fourth-order valence-corrected chi connectivity index (χ4v) is 3.77. The van der Waals surface area contributed by atoms with Gasteiger partial charge in [-0.05, 0) is 26.3 Å². The zero-order valence-corrected chi connectivity index (χ0v) is 13.8. The molecule has 2 aromatic rings. The van der Waals surface area contributed by atoms with Crippen LogP contribution in [0, 0.1) is 10.7 Å². The van der Waals surface area contributed by atoms with Crippen LogP contribution in [0.3, 0.4) is 0 Å². The number of piperazine rings is 1. The number of aromatic nitrogens is 2. The molecular formula is C17H22FN4O2+. The fourth-order valence-electron chi connectivity index (χ4n) is 3.77. The average Bonchev–Trinajstić information content (AvgIpc) is 2.60. The average molecular weight is 333 g/mol. The first kappa shape index (κ1) is 15.4. The number of anilines is 1. The number of hydrogen-bond acceptors (Lipinski definition) is 4. The van der Waals surface area contributed by atoms with E-state index in [1.54, 1.807) is 6.07 Å². The molecule has 1 N–H and O–H groups in total. The normalized spacial score (nSPS) is 18.8. The van der Waals surface area contributed by atoms with Gasteiger partial charge in [0.25, 0.3) is 11.2 Å². The van der Waals surface area contributed by atoms with E-state index in [1.807, 2.05) is 11.9 Å². The molecule has 0 spiro atoms. The van der Waals surface area contributed by atoms with Gasteiger partial charge in [-0.2, -0.15) is 4.73 Å². The van der Waals surface area contributed by atoms with E-state index in [1.165, 1.54) is 6.07 Å². The van der Waals surface area contributed by atoms with Crippen LogP contribution >= 0.6 is 0 Å². The van der Waals surface area contributed by atoms with Crippen LogP contribution in [0.4, 0.5) is 10.1 Å². The first-order valence-corrected chi connectivity index (χ1v) is 8.51. The summed E-state index contributed by atoms with van der Waals surface area (Å²) >= 11 is 0. The maximum absolute atomic E-state index is 14.7. The first-order valence-electron chi connectivity index (χ1n) is 8.51. The van der Waals surface area contributed by atoms with Gasteiger partial charge >= 0.3 is 0 Å². The molecule has 1 aliphatic carbocycles. The molecule has 4 rings (SSSR count). The molecule has 1 aliphatic heterocycles. The van der Waals surface area contributed by atoms with Gasteiger partial charge in [-0.3, -0.25) is 0 Å². The predicted octanol–water partition coefficient (Wildman–Crippen LogP) is 1.56. The van der Waals surface area contributed by atoms with Crippen LogP contribution in [0.1, 0.15) is 24.2 Å². The van der Waals surface area contributed by atoms with Crippen LogP contribution in [0.15, 0.2) is 12.1 Å². The molecule has 7 heteroatoms. The molecule has 1 fully saturated rings. The van der Waals surface area contributed by atoms with Gasteiger partial charge in [0.05, 0.1) is 10.1 Å². The van der Waals surface area contributed by atoms with Crippen molar-refractivity contribution < 1.29 is 14.0 Å². The van der Waals surface area contributed by atoms with E-state index in [4.69, 9.17) is 0 Å². The quantitative estimate of drug-likeness (QED) is 0.636. The number of likely N-dealkylation sites (N-methyl/N-ethyl adjacent to an activating group) is 1. The van der Waals surface area contributed by atoms with Gasteiger partial charge in [0.15, 0.2) is 5.52 Å². The first-order chi connectivity index (χ1) is 11.6. The molecule has 0 amide bonds. The molecule has 6 nitrogen and oxygen atoms in total. The number of benzene rings is 1. The van der Waals surface area contributed by atoms with E-state index in [0.29, 0.717) is 35.4 Å². The summed E-state index contributed by atoms with van der Waals surface area (Å²) in [6, 6.07) is 2.87. The van der Waals surface area contributed by atoms with Crippen molar-refractivity contribution >= 4 is 16.7 Å². The van der Waals surface area contributed by atoms with Gasteiger partial charge in [0, 0.05) is 49.6 Å². The summed E-state index contributed by atoms with van der Waals surface area (Å²) in [5.41, 5.74) is 2.22. The lowest BCUT2D eigenvalue weighted by atomic mass is 10.00. The molecule has 0 radical (unpaired) electrons. The minimum Gasteiger partial charge on any atom is -0.428 e. The van der Waals surface area contributed by atoms with Crippen molar-refractivity contribution in [3.8, 4) is 0 Å². The summed E-state index contributed by atoms with van der Waals surface area (Å²) in [6.45, 7) is 3.17. The largest absolute Gasteiger partial charge is 0.428 e. The highest BCUT2D eigenvalue weighted by molar-refractivity contribution is 5.77. The Morgan fingerprint density at radius 2 is 1.83 bits per heavy atom. The number of hydrogen-bond donors (Lipinski definition) is 1. The van der Waals surface area contributed by atoms with Crippen LogP contribution in [0.25, 0.3) is 11.0 Å². The Morgan fingerprint density at radius 3 is 2.58 bits per heavy atom. The third kappa shape index (κ3) is 2.34. The molecule has 0 bridgehead atoms. The molecule has 0 unspecified atom stereocenters. The minimum atomic E-state index is -0.398. The van der Waals surface area contributed by atoms with Crippen molar-refractivity contribution in [2.75, 3.05) is 38.1 Å². The van der Waals surface area contributed by atoms with Crippen LogP contribution in [-0.4, -0.2) is 48.1 Å². The lowest BCUT2D eigenvalue weighted by Gasteiger charge is -2.34. The van der Waals surface area contributed by atoms with Crippen molar-refractivity contribution in [3.63, 3.8) is 0 Å². The SMILES string of the molecule is CN1CCN(c2cc3c(cc2F)n(O)c2c([n+]3=O)CCCC2)CC1. The number of rotatable bonds is 1. The fraction of sp³-hybridized carbons (Fsp3) is 0.529. The number of nitrogens with zero attached hydrogens (tertiary/aromatic N) is 4. The Balaban J connectivity index is 1.88. The topological polar surface area (TPSA) is 54.6 Å². The summed E-state index contributed by atoms with van der Waals surface area (Å²) in [6.07, 6.45) is 3.16. The van der Waals surface area contributed by atoms with Gasteiger partial charge in [-0.15, -0.1) is 0 Å². The highest BCUT2D eigenvalue weighted by Gasteiger charge is 2.29. The molecule has 1 saturated heterocycles. The Hall–Kier alpha value is -2.15. The second-order valence-electron chi connectivity index (χ2n) is 6.79. The predicted molar refractivity (Wildman–Crippen MR) is 88.8 cm³/mol. The Kier molecular flexibility index (Phi) is 3.68. The summed E-state index contributed by atoms with van der Waals surface area (Å²) < 4.78 is 16.5. The number of fused-ring (bicyclic) bond motifs is 2. The monoisotopic (exact) mass is 333 g/mol. The lowest BCUT2D eigenvalue weighted by Crippen LogP contribution is -2.45. The third-order valence-corrected chi connectivity index (χ3v) is 5.25. The molecule has 2 heterocycles. The van der Waals surface area contributed by atoms with Crippen LogP contribution in [-0.2, 0) is 12.8 Å². The smallest absolute Gasteiger partial charge is 0.292 e. The zero-order chi connectivity index (χ0) is 16.8. The third-order valence-electron chi connectivity index (χ3n) is 5.25. The maximum atomic E-state index is 14.7. The minimum absolute atomic E-state index is 0.237. The van der Waals surface area contributed by atoms with Gasteiger partial charge in [-0.1, -0.05) is 0 Å². The standard InChI is InChI=1S/C17H22FN4O2/c1-19-6-8-20(9-7-19)15-11-17-16(10-12(15)18)21(23)13-4-2-3-5-14(13)22(17)24/h10-11,23H,2-9H2,1H3/q+1. The molecule has 2 aliphatic rings. The van der Waals surface area contributed by atoms with Crippen molar-refractivity contribution in [1.82, 2.24) is 9.63 Å². The van der Waals surface area contributed by atoms with Gasteiger partial charge in [-0.25, -0.2) is 4.39 Å². The summed E-state index contributed by atoms with van der Waals surface area (Å²) in [5, 5.41) is 10.5. The molecule has 128 valence electrons. The van der Waals surface area contributed by atoms with Crippen molar-refractivity contribution in [2.24, 2.45) is 0 Å². The highest BCUT2D eigenvalue weighted by Crippen LogP contribution is 2.27. The zero-order valence-electron chi connectivity index (χ0n) is 13.8. The Bertz CT molecular complexity index is 856. The van der Waals surface area contributed by atoms with E-state index in [-0.39, 0.29) is 5.52 Å². The van der Waals surface area contributed by atoms with Crippen molar-refractivity contribution in [2.45, 2.75) is 25.7 Å². The van der Waals surface area contributed by atoms with E-state index >= 15 is 0 Å². The van der Waals surface area contributed by atoms with Gasteiger partial charge < -0.3 is 15.0 Å². The molecule has 1 aromatic carbocycles. The van der Waals surface area contributed by atoms with E-state index in [0.717, 1.165) is 48.2 Å². The molecule has 24 heavy (non-hydrogen) atoms. The van der Waals surface area contributed by atoms with Crippen molar-refractivity contribution in [1.29, 1.82) is 0 Å². The maximum Gasteiger partial charge on any atom is 0.292 e. The number of halogens is 1. The van der Waals surface area contributed by atoms with Crippen LogP contribution < -0.4 is 9.33 Å². The highest BCUT2D eigenvalue weighted by atomic mass is 19.1. The van der Waals surface area contributed by atoms with E-state index in [9.17, 15) is 14.5 Å².